The number of carbonyl (C=O) groups excluding carboxylic acids is 1. The van der Waals surface area contributed by atoms with E-state index in [0.29, 0.717) is 21.4 Å². The Morgan fingerprint density at radius 1 is 1.04 bits per heavy atom. The minimum absolute atomic E-state index is 0.167. The molecule has 4 nitrogen and oxygen atoms in total. The summed E-state index contributed by atoms with van der Waals surface area (Å²) in [5, 5.41) is 6.70. The highest BCUT2D eigenvalue weighted by Gasteiger charge is 2.08. The van der Waals surface area contributed by atoms with Gasteiger partial charge < -0.3 is 4.74 Å². The Hall–Kier alpha value is -2.08. The number of carbonyl (C=O) groups is 1. The van der Waals surface area contributed by atoms with E-state index in [9.17, 15) is 4.79 Å². The molecule has 0 atom stereocenters. The molecular weight excluding hydrogens is 439 g/mol. The molecule has 0 heterocycles. The summed E-state index contributed by atoms with van der Waals surface area (Å²) in [5.74, 6) is 0.230. The van der Waals surface area contributed by atoms with Crippen molar-refractivity contribution in [2.75, 3.05) is 6.61 Å². The summed E-state index contributed by atoms with van der Waals surface area (Å²) in [5.41, 5.74) is 2.93. The Bertz CT molecular complexity index is 972. The molecule has 3 rings (SSSR count). The van der Waals surface area contributed by atoms with Gasteiger partial charge in [0.2, 0.25) is 0 Å². The Balaban J connectivity index is 1.63. The molecule has 0 fully saturated rings. The molecule has 0 radical (unpaired) electrons. The molecule has 0 saturated heterocycles. The number of ether oxygens (including phenoxy) is 1. The van der Waals surface area contributed by atoms with Gasteiger partial charge in [-0.25, -0.2) is 5.43 Å². The van der Waals surface area contributed by atoms with Crippen LogP contribution in [0.25, 0.3) is 10.8 Å². The lowest BCUT2D eigenvalue weighted by molar-refractivity contribution is -0.123. The number of amides is 1. The highest BCUT2D eigenvalue weighted by atomic mass is 79.9. The molecule has 1 amide bonds. The van der Waals surface area contributed by atoms with Gasteiger partial charge >= 0.3 is 0 Å². The van der Waals surface area contributed by atoms with E-state index in [2.05, 4.69) is 26.5 Å². The lowest BCUT2D eigenvalue weighted by atomic mass is 10.1. The average molecular weight is 452 g/mol. The standard InChI is InChI=1S/C19H13BrCl2N2O2/c20-15-8-9-18(13-5-2-1-4-12(13)15)26-11-19(25)24-23-10-14-16(21)6-3-7-17(14)22/h1-10H,11H2,(H,24,25)/b23-10+. The van der Waals surface area contributed by atoms with Crippen molar-refractivity contribution < 1.29 is 9.53 Å². The molecule has 0 bridgehead atoms. The SMILES string of the molecule is O=C(COc1ccc(Br)c2ccccc12)N/N=C/c1c(Cl)cccc1Cl. The molecule has 7 heteroatoms. The maximum absolute atomic E-state index is 12.0. The zero-order chi connectivity index (χ0) is 18.5. The van der Waals surface area contributed by atoms with Gasteiger partial charge in [-0.2, -0.15) is 5.10 Å². The Labute approximate surface area is 168 Å². The largest absolute Gasteiger partial charge is 0.483 e. The van der Waals surface area contributed by atoms with Crippen LogP contribution in [0.5, 0.6) is 5.75 Å². The van der Waals surface area contributed by atoms with Gasteiger partial charge in [-0.15, -0.1) is 0 Å². The molecule has 0 spiro atoms. The third kappa shape index (κ3) is 4.36. The Morgan fingerprint density at radius 2 is 1.73 bits per heavy atom. The van der Waals surface area contributed by atoms with Crippen molar-refractivity contribution in [3.63, 3.8) is 0 Å². The van der Waals surface area contributed by atoms with E-state index >= 15 is 0 Å². The molecule has 0 aliphatic rings. The molecular formula is C19H13BrCl2N2O2. The molecule has 0 unspecified atom stereocenters. The lowest BCUT2D eigenvalue weighted by Gasteiger charge is -2.09. The quantitative estimate of drug-likeness (QED) is 0.414. The number of halogens is 3. The number of rotatable bonds is 5. The first-order chi connectivity index (χ1) is 12.6. The number of benzene rings is 3. The van der Waals surface area contributed by atoms with Crippen LogP contribution in [0.3, 0.4) is 0 Å². The summed E-state index contributed by atoms with van der Waals surface area (Å²) < 4.78 is 6.59. The summed E-state index contributed by atoms with van der Waals surface area (Å²) in [4.78, 5) is 12.0. The van der Waals surface area contributed by atoms with Crippen LogP contribution >= 0.6 is 39.1 Å². The van der Waals surface area contributed by atoms with Gasteiger partial charge in [0, 0.05) is 15.4 Å². The minimum Gasteiger partial charge on any atom is -0.483 e. The summed E-state index contributed by atoms with van der Waals surface area (Å²) in [6.07, 6.45) is 1.40. The van der Waals surface area contributed by atoms with Gasteiger partial charge in [-0.05, 0) is 29.7 Å². The van der Waals surface area contributed by atoms with E-state index in [1.54, 1.807) is 18.2 Å². The fraction of sp³-hybridized carbons (Fsp3) is 0.0526. The van der Waals surface area contributed by atoms with Crippen LogP contribution in [0.1, 0.15) is 5.56 Å². The Kier molecular flexibility index (Phi) is 6.14. The predicted molar refractivity (Wildman–Crippen MR) is 109 cm³/mol. The second kappa shape index (κ2) is 8.54. The van der Waals surface area contributed by atoms with Crippen molar-refractivity contribution in [1.82, 2.24) is 5.43 Å². The first-order valence-corrected chi connectivity index (χ1v) is 9.17. The molecule has 132 valence electrons. The molecule has 3 aromatic carbocycles. The first kappa shape index (κ1) is 18.7. The molecule has 1 N–H and O–H groups in total. The topological polar surface area (TPSA) is 50.7 Å². The number of hydrazone groups is 1. The normalized spacial score (nSPS) is 11.0. The number of nitrogens with zero attached hydrogens (tertiary/aromatic N) is 1. The van der Waals surface area contributed by atoms with Crippen LogP contribution in [0.2, 0.25) is 10.0 Å². The monoisotopic (exact) mass is 450 g/mol. The molecule has 26 heavy (non-hydrogen) atoms. The average Bonchev–Trinajstić information content (AvgIpc) is 2.64. The van der Waals surface area contributed by atoms with Gasteiger partial charge in [-0.1, -0.05) is 69.5 Å². The van der Waals surface area contributed by atoms with Crippen LogP contribution in [0.4, 0.5) is 0 Å². The summed E-state index contributed by atoms with van der Waals surface area (Å²) in [6.45, 7) is -0.167. The van der Waals surface area contributed by atoms with Gasteiger partial charge in [0.15, 0.2) is 6.61 Å². The predicted octanol–water partition coefficient (Wildman–Crippen LogP) is 5.44. The van der Waals surface area contributed by atoms with E-state index < -0.39 is 5.91 Å². The van der Waals surface area contributed by atoms with E-state index in [-0.39, 0.29) is 6.61 Å². The van der Waals surface area contributed by atoms with Gasteiger partial charge in [0.05, 0.1) is 16.3 Å². The summed E-state index contributed by atoms with van der Waals surface area (Å²) in [7, 11) is 0. The fourth-order valence-electron chi connectivity index (χ4n) is 2.34. The van der Waals surface area contributed by atoms with E-state index in [4.69, 9.17) is 27.9 Å². The minimum atomic E-state index is -0.392. The zero-order valence-electron chi connectivity index (χ0n) is 13.4. The molecule has 0 aliphatic heterocycles. The second-order valence-electron chi connectivity index (χ2n) is 5.31. The van der Waals surface area contributed by atoms with Crippen LogP contribution in [0, 0.1) is 0 Å². The molecule has 0 aromatic heterocycles. The number of hydrogen-bond acceptors (Lipinski definition) is 3. The van der Waals surface area contributed by atoms with Crippen molar-refractivity contribution >= 4 is 62.0 Å². The van der Waals surface area contributed by atoms with Crippen molar-refractivity contribution in [2.24, 2.45) is 5.10 Å². The van der Waals surface area contributed by atoms with Crippen LogP contribution in [0.15, 0.2) is 64.2 Å². The van der Waals surface area contributed by atoms with E-state index in [1.807, 2.05) is 36.4 Å². The number of nitrogens with one attached hydrogen (secondary N) is 1. The van der Waals surface area contributed by atoms with E-state index in [1.165, 1.54) is 6.21 Å². The zero-order valence-corrected chi connectivity index (χ0v) is 16.5. The Morgan fingerprint density at radius 3 is 2.46 bits per heavy atom. The summed E-state index contributed by atoms with van der Waals surface area (Å²) in [6, 6.07) is 16.6. The van der Waals surface area contributed by atoms with Gasteiger partial charge in [0.1, 0.15) is 5.75 Å². The second-order valence-corrected chi connectivity index (χ2v) is 6.98. The highest BCUT2D eigenvalue weighted by molar-refractivity contribution is 9.10. The fourth-order valence-corrected chi connectivity index (χ4v) is 3.31. The molecule has 3 aromatic rings. The third-order valence-corrected chi connectivity index (χ3v) is 4.92. The molecule has 0 aliphatic carbocycles. The highest BCUT2D eigenvalue weighted by Crippen LogP contribution is 2.31. The maximum atomic E-state index is 12.0. The maximum Gasteiger partial charge on any atom is 0.277 e. The van der Waals surface area contributed by atoms with Crippen LogP contribution in [-0.2, 0) is 4.79 Å². The van der Waals surface area contributed by atoms with E-state index in [0.717, 1.165) is 15.2 Å². The number of hydrogen-bond donors (Lipinski definition) is 1. The third-order valence-electron chi connectivity index (χ3n) is 3.57. The first-order valence-electron chi connectivity index (χ1n) is 7.62. The van der Waals surface area contributed by atoms with Crippen molar-refractivity contribution in [2.45, 2.75) is 0 Å². The van der Waals surface area contributed by atoms with Crippen molar-refractivity contribution in [1.29, 1.82) is 0 Å². The van der Waals surface area contributed by atoms with Crippen LogP contribution < -0.4 is 10.2 Å². The van der Waals surface area contributed by atoms with Crippen molar-refractivity contribution in [3.05, 3.63) is 74.7 Å². The van der Waals surface area contributed by atoms with Crippen molar-refractivity contribution in [3.8, 4) is 5.75 Å². The molecule has 0 saturated carbocycles. The van der Waals surface area contributed by atoms with Gasteiger partial charge in [-0.3, -0.25) is 4.79 Å². The van der Waals surface area contributed by atoms with Gasteiger partial charge in [0.25, 0.3) is 5.91 Å². The number of fused-ring (bicyclic) bond motifs is 1. The lowest BCUT2D eigenvalue weighted by Crippen LogP contribution is -2.24. The smallest absolute Gasteiger partial charge is 0.277 e. The van der Waals surface area contributed by atoms with Crippen LogP contribution in [-0.4, -0.2) is 18.7 Å². The summed E-state index contributed by atoms with van der Waals surface area (Å²) >= 11 is 15.6.